The number of hydrogen-bond acceptors (Lipinski definition) is 5. The van der Waals surface area contributed by atoms with E-state index in [-0.39, 0.29) is 11.2 Å². The number of carbonyl (C=O) groups excluding carboxylic acids is 1. The van der Waals surface area contributed by atoms with Gasteiger partial charge in [-0.2, -0.15) is 0 Å². The topological polar surface area (TPSA) is 94.8 Å². The molecule has 1 atom stereocenters. The van der Waals surface area contributed by atoms with E-state index < -0.39 is 17.2 Å². The first kappa shape index (κ1) is 15.1. The van der Waals surface area contributed by atoms with Crippen molar-refractivity contribution >= 4 is 22.9 Å². The first-order valence-corrected chi connectivity index (χ1v) is 8.67. The molecule has 0 amide bonds. The summed E-state index contributed by atoms with van der Waals surface area (Å²) in [5.74, 6) is 0.0234. The molecule has 2 aromatic heterocycles. The molecule has 0 bridgehead atoms. The van der Waals surface area contributed by atoms with Crippen LogP contribution in [0.1, 0.15) is 43.0 Å². The molecule has 24 heavy (non-hydrogen) atoms. The summed E-state index contributed by atoms with van der Waals surface area (Å²) in [5, 5.41) is 5.07. The number of hydrogen-bond donors (Lipinski definition) is 3. The number of allylic oxidation sites excluding steroid dienone is 2. The number of nitrogens with one attached hydrogen (secondary N) is 3. The Hall–Kier alpha value is -2.41. The van der Waals surface area contributed by atoms with E-state index in [0.29, 0.717) is 29.8 Å². The van der Waals surface area contributed by atoms with E-state index in [9.17, 15) is 14.4 Å². The fraction of sp³-hybridized carbons (Fsp3) is 0.353. The van der Waals surface area contributed by atoms with Crippen LogP contribution >= 0.6 is 11.3 Å². The minimum absolute atomic E-state index is 0.0587. The molecule has 0 saturated carbocycles. The Bertz CT molecular complexity index is 979. The lowest BCUT2D eigenvalue weighted by molar-refractivity contribution is -0.118. The predicted molar refractivity (Wildman–Crippen MR) is 92.5 cm³/mol. The van der Waals surface area contributed by atoms with Crippen LogP contribution in [0, 0.1) is 5.41 Å². The van der Waals surface area contributed by atoms with E-state index in [1.165, 1.54) is 11.3 Å². The van der Waals surface area contributed by atoms with E-state index in [2.05, 4.69) is 15.3 Å². The molecule has 4 rings (SSSR count). The van der Waals surface area contributed by atoms with Gasteiger partial charge in [0.15, 0.2) is 5.78 Å². The molecular weight excluding hydrogens is 326 g/mol. The smallest absolute Gasteiger partial charge is 0.327 e. The molecule has 2 aliphatic rings. The highest BCUT2D eigenvalue weighted by atomic mass is 32.1. The van der Waals surface area contributed by atoms with Crippen LogP contribution in [0.25, 0.3) is 0 Å². The summed E-state index contributed by atoms with van der Waals surface area (Å²) in [5.41, 5.74) is 0.710. The minimum atomic E-state index is -0.554. The molecule has 6 nitrogen and oxygen atoms in total. The van der Waals surface area contributed by atoms with Gasteiger partial charge >= 0.3 is 5.69 Å². The minimum Gasteiger partial charge on any atom is -0.344 e. The zero-order valence-corrected chi connectivity index (χ0v) is 14.2. The van der Waals surface area contributed by atoms with Gasteiger partial charge in [0, 0.05) is 22.6 Å². The maximum Gasteiger partial charge on any atom is 0.327 e. The monoisotopic (exact) mass is 343 g/mol. The van der Waals surface area contributed by atoms with Crippen molar-refractivity contribution in [3.8, 4) is 0 Å². The second kappa shape index (κ2) is 5.04. The predicted octanol–water partition coefficient (Wildman–Crippen LogP) is 2.33. The number of Topliss-reactive ketones (excluding diaryl/α,β-unsaturated/α-hetero) is 1. The van der Waals surface area contributed by atoms with E-state index >= 15 is 0 Å². The summed E-state index contributed by atoms with van der Waals surface area (Å²) in [7, 11) is 0. The van der Waals surface area contributed by atoms with Gasteiger partial charge in [0.05, 0.1) is 11.5 Å². The number of fused-ring (bicyclic) bond motifs is 1. The Morgan fingerprint density at radius 1 is 1.17 bits per heavy atom. The number of aromatic amines is 2. The van der Waals surface area contributed by atoms with Crippen LogP contribution < -0.4 is 16.6 Å². The summed E-state index contributed by atoms with van der Waals surface area (Å²) in [4.78, 5) is 42.9. The Labute approximate surface area is 141 Å². The van der Waals surface area contributed by atoms with Crippen molar-refractivity contribution in [1.29, 1.82) is 0 Å². The maximum atomic E-state index is 12.9. The standard InChI is InChI=1S/C17H17N3O3S/c1-17(2)6-8-11(9(21)7-17)12(10-4-3-5-24-10)13-14(18-8)19-16(23)20-15(13)22/h3-5,12H,6-7H2,1-2H3,(H3,18,19,20,22,23)/t12-/m0/s1. The lowest BCUT2D eigenvalue weighted by Crippen LogP contribution is -2.38. The molecule has 1 aliphatic heterocycles. The number of anilines is 1. The molecule has 124 valence electrons. The third-order valence-electron chi connectivity index (χ3n) is 4.58. The number of thiophene rings is 1. The van der Waals surface area contributed by atoms with Crippen LogP contribution in [0.15, 0.2) is 38.4 Å². The van der Waals surface area contributed by atoms with Gasteiger partial charge in [0.1, 0.15) is 5.82 Å². The van der Waals surface area contributed by atoms with Gasteiger partial charge in [0.25, 0.3) is 5.56 Å². The Balaban J connectivity index is 2.01. The molecule has 3 heterocycles. The fourth-order valence-electron chi connectivity index (χ4n) is 3.69. The van der Waals surface area contributed by atoms with Gasteiger partial charge in [-0.05, 0) is 23.3 Å². The van der Waals surface area contributed by atoms with E-state index in [0.717, 1.165) is 10.6 Å². The van der Waals surface area contributed by atoms with Crippen molar-refractivity contribution in [3.63, 3.8) is 0 Å². The largest absolute Gasteiger partial charge is 0.344 e. The highest BCUT2D eigenvalue weighted by Gasteiger charge is 2.42. The molecule has 0 saturated heterocycles. The van der Waals surface area contributed by atoms with Gasteiger partial charge < -0.3 is 5.32 Å². The van der Waals surface area contributed by atoms with Crippen LogP contribution in [0.3, 0.4) is 0 Å². The van der Waals surface area contributed by atoms with Gasteiger partial charge in [-0.15, -0.1) is 11.3 Å². The summed E-state index contributed by atoms with van der Waals surface area (Å²) in [6.07, 6.45) is 1.15. The summed E-state index contributed by atoms with van der Waals surface area (Å²) in [6.45, 7) is 4.10. The average molecular weight is 343 g/mol. The van der Waals surface area contributed by atoms with Crippen LogP contribution in [-0.2, 0) is 4.79 Å². The molecule has 0 fully saturated rings. The first-order valence-electron chi connectivity index (χ1n) is 7.79. The van der Waals surface area contributed by atoms with Crippen LogP contribution in [0.5, 0.6) is 0 Å². The third kappa shape index (κ3) is 2.27. The second-order valence-corrected chi connectivity index (χ2v) is 8.08. The average Bonchev–Trinajstić information content (AvgIpc) is 2.96. The SMILES string of the molecule is CC1(C)CC(=O)C2=C(C1)Nc1[nH]c(=O)[nH]c(=O)c1[C@H]2c1cccs1. The molecule has 7 heteroatoms. The second-order valence-electron chi connectivity index (χ2n) is 7.10. The Kier molecular flexibility index (Phi) is 3.18. The zero-order valence-electron chi connectivity index (χ0n) is 13.4. The number of rotatable bonds is 1. The maximum absolute atomic E-state index is 12.9. The summed E-state index contributed by atoms with van der Waals surface area (Å²) >= 11 is 1.50. The van der Waals surface area contributed by atoms with Gasteiger partial charge in [-0.25, -0.2) is 4.79 Å². The number of H-pyrrole nitrogens is 2. The molecule has 0 aromatic carbocycles. The normalized spacial score (nSPS) is 21.9. The van der Waals surface area contributed by atoms with Crippen LogP contribution in [-0.4, -0.2) is 15.8 Å². The molecule has 0 radical (unpaired) electrons. The first-order chi connectivity index (χ1) is 11.4. The van der Waals surface area contributed by atoms with Crippen molar-refractivity contribution in [2.45, 2.75) is 32.6 Å². The van der Waals surface area contributed by atoms with E-state index in [1.807, 2.05) is 31.4 Å². The van der Waals surface area contributed by atoms with Crippen molar-refractivity contribution in [2.24, 2.45) is 5.41 Å². The number of carbonyl (C=O) groups is 1. The third-order valence-corrected chi connectivity index (χ3v) is 5.52. The van der Waals surface area contributed by atoms with Crippen molar-refractivity contribution in [2.75, 3.05) is 5.32 Å². The molecule has 2 aromatic rings. The van der Waals surface area contributed by atoms with Crippen LogP contribution in [0.4, 0.5) is 5.82 Å². The highest BCUT2D eigenvalue weighted by Crippen LogP contribution is 2.47. The number of aromatic nitrogens is 2. The lowest BCUT2D eigenvalue weighted by Gasteiger charge is -2.38. The zero-order chi connectivity index (χ0) is 17.1. The number of ketones is 1. The molecular formula is C17H17N3O3S. The fourth-order valence-corrected chi connectivity index (χ4v) is 4.53. The lowest BCUT2D eigenvalue weighted by atomic mass is 9.70. The van der Waals surface area contributed by atoms with Crippen molar-refractivity contribution in [3.05, 3.63) is 60.1 Å². The molecule has 0 unspecified atom stereocenters. The van der Waals surface area contributed by atoms with Crippen molar-refractivity contribution < 1.29 is 4.79 Å². The summed E-state index contributed by atoms with van der Waals surface area (Å²) in [6, 6.07) is 3.83. The summed E-state index contributed by atoms with van der Waals surface area (Å²) < 4.78 is 0. The van der Waals surface area contributed by atoms with Crippen molar-refractivity contribution in [1.82, 2.24) is 9.97 Å². The van der Waals surface area contributed by atoms with Gasteiger partial charge in [-0.3, -0.25) is 19.6 Å². The molecule has 0 spiro atoms. The van der Waals surface area contributed by atoms with Gasteiger partial charge in [0.2, 0.25) is 0 Å². The van der Waals surface area contributed by atoms with E-state index in [1.54, 1.807) is 0 Å². The molecule has 3 N–H and O–H groups in total. The Morgan fingerprint density at radius 3 is 2.67 bits per heavy atom. The Morgan fingerprint density at radius 2 is 1.96 bits per heavy atom. The van der Waals surface area contributed by atoms with E-state index in [4.69, 9.17) is 0 Å². The molecule has 1 aliphatic carbocycles. The van der Waals surface area contributed by atoms with Gasteiger partial charge in [-0.1, -0.05) is 19.9 Å². The van der Waals surface area contributed by atoms with Crippen LogP contribution in [0.2, 0.25) is 0 Å². The highest BCUT2D eigenvalue weighted by molar-refractivity contribution is 7.10. The quantitative estimate of drug-likeness (QED) is 0.740.